The Morgan fingerprint density at radius 1 is 1.06 bits per heavy atom. The first-order valence-electron chi connectivity index (χ1n) is 9.32. The molecule has 1 N–H and O–H groups in total. The minimum Gasteiger partial charge on any atom is -0.507 e. The first-order valence-corrected chi connectivity index (χ1v) is 10.2. The first kappa shape index (κ1) is 20.5. The summed E-state index contributed by atoms with van der Waals surface area (Å²) in [5.74, 6) is -0.917. The van der Waals surface area contributed by atoms with E-state index in [1.165, 1.54) is 24.6 Å². The van der Waals surface area contributed by atoms with Crippen molar-refractivity contribution in [1.82, 2.24) is 10.2 Å². The number of benzene rings is 2. The standard InChI is InChI=1S/C22H19N3O5S/c1-12-4-6-13(7-5-12)19(26)17-18(14-8-9-15(29-2)16(10-14)30-3)25(21(28)20(17)27)22-24-23-11-31-22/h4-11,18,26H,1-3H3/b19-17+/t18-/m1/s1. The molecule has 1 aromatic heterocycles. The summed E-state index contributed by atoms with van der Waals surface area (Å²) in [5.41, 5.74) is 3.44. The number of aryl methyl sites for hydroxylation is 1. The van der Waals surface area contributed by atoms with E-state index < -0.39 is 17.7 Å². The SMILES string of the molecule is COc1ccc([C@@H]2/C(=C(\O)c3ccc(C)cc3)C(=O)C(=O)N2c2nncs2)cc1OC. The molecule has 158 valence electrons. The maximum Gasteiger partial charge on any atom is 0.301 e. The summed E-state index contributed by atoms with van der Waals surface area (Å²) < 4.78 is 10.7. The molecule has 0 spiro atoms. The number of Topliss-reactive ketones (excluding diaryl/α,β-unsaturated/α-hetero) is 1. The van der Waals surface area contributed by atoms with E-state index >= 15 is 0 Å². The lowest BCUT2D eigenvalue weighted by Gasteiger charge is -2.23. The number of ether oxygens (including phenoxy) is 2. The van der Waals surface area contributed by atoms with Crippen molar-refractivity contribution in [3.8, 4) is 11.5 Å². The number of hydrogen-bond donors (Lipinski definition) is 1. The Kier molecular flexibility index (Phi) is 5.43. The van der Waals surface area contributed by atoms with Gasteiger partial charge in [-0.3, -0.25) is 14.5 Å². The van der Waals surface area contributed by atoms with Crippen molar-refractivity contribution in [2.24, 2.45) is 0 Å². The molecule has 1 fully saturated rings. The Labute approximate surface area is 182 Å². The summed E-state index contributed by atoms with van der Waals surface area (Å²) in [5, 5.41) is 19.1. The maximum atomic E-state index is 13.0. The molecule has 1 aliphatic rings. The van der Waals surface area contributed by atoms with Crippen LogP contribution < -0.4 is 14.4 Å². The number of aromatic nitrogens is 2. The summed E-state index contributed by atoms with van der Waals surface area (Å²) in [7, 11) is 3.01. The highest BCUT2D eigenvalue weighted by Gasteiger charge is 2.48. The fourth-order valence-electron chi connectivity index (χ4n) is 3.51. The van der Waals surface area contributed by atoms with Gasteiger partial charge < -0.3 is 14.6 Å². The monoisotopic (exact) mass is 437 g/mol. The van der Waals surface area contributed by atoms with Crippen LogP contribution in [0.2, 0.25) is 0 Å². The molecule has 0 radical (unpaired) electrons. The Balaban J connectivity index is 1.94. The molecule has 1 amide bonds. The van der Waals surface area contributed by atoms with Gasteiger partial charge >= 0.3 is 5.91 Å². The van der Waals surface area contributed by atoms with Crippen LogP contribution >= 0.6 is 11.3 Å². The van der Waals surface area contributed by atoms with Gasteiger partial charge in [0.2, 0.25) is 5.13 Å². The van der Waals surface area contributed by atoms with Gasteiger partial charge in [-0.2, -0.15) is 0 Å². The van der Waals surface area contributed by atoms with Gasteiger partial charge in [0, 0.05) is 5.56 Å². The number of methoxy groups -OCH3 is 2. The van der Waals surface area contributed by atoms with Crippen LogP contribution in [0.3, 0.4) is 0 Å². The molecule has 8 nitrogen and oxygen atoms in total. The quantitative estimate of drug-likeness (QED) is 0.370. The lowest BCUT2D eigenvalue weighted by Crippen LogP contribution is -2.29. The van der Waals surface area contributed by atoms with E-state index in [2.05, 4.69) is 10.2 Å². The zero-order valence-electron chi connectivity index (χ0n) is 17.0. The van der Waals surface area contributed by atoms with Crippen LogP contribution in [0.5, 0.6) is 11.5 Å². The third-order valence-electron chi connectivity index (χ3n) is 5.05. The molecule has 1 saturated heterocycles. The van der Waals surface area contributed by atoms with Crippen molar-refractivity contribution in [3.05, 3.63) is 70.2 Å². The summed E-state index contributed by atoms with van der Waals surface area (Å²) in [6, 6.07) is 11.2. The molecule has 0 aliphatic carbocycles. The number of aliphatic hydroxyl groups is 1. The number of aliphatic hydroxyl groups excluding tert-OH is 1. The number of ketones is 1. The molecule has 1 aliphatic heterocycles. The number of hydrogen-bond acceptors (Lipinski definition) is 8. The van der Waals surface area contributed by atoms with Gasteiger partial charge in [0.25, 0.3) is 5.78 Å². The molecule has 2 heterocycles. The van der Waals surface area contributed by atoms with E-state index in [-0.39, 0.29) is 16.5 Å². The summed E-state index contributed by atoms with van der Waals surface area (Å²) >= 11 is 1.12. The maximum absolute atomic E-state index is 13.0. The number of anilines is 1. The van der Waals surface area contributed by atoms with Gasteiger partial charge in [-0.25, -0.2) is 0 Å². The van der Waals surface area contributed by atoms with Gasteiger partial charge in [0.05, 0.1) is 25.8 Å². The van der Waals surface area contributed by atoms with E-state index in [4.69, 9.17) is 9.47 Å². The normalized spacial score (nSPS) is 17.8. The Hall–Kier alpha value is -3.72. The average Bonchev–Trinajstić information content (AvgIpc) is 3.40. The number of nitrogens with zero attached hydrogens (tertiary/aromatic N) is 3. The summed E-state index contributed by atoms with van der Waals surface area (Å²) in [6.45, 7) is 1.92. The predicted molar refractivity (Wildman–Crippen MR) is 115 cm³/mol. The molecule has 2 aromatic carbocycles. The average molecular weight is 437 g/mol. The largest absolute Gasteiger partial charge is 0.507 e. The second kappa shape index (κ2) is 8.19. The molecule has 0 saturated carbocycles. The molecule has 1 atom stereocenters. The third kappa shape index (κ3) is 3.53. The Morgan fingerprint density at radius 3 is 2.39 bits per heavy atom. The molecule has 4 rings (SSSR count). The van der Waals surface area contributed by atoms with Crippen LogP contribution in [0.25, 0.3) is 5.76 Å². The zero-order chi connectivity index (χ0) is 22.1. The second-order valence-corrected chi connectivity index (χ2v) is 7.68. The molecular weight excluding hydrogens is 418 g/mol. The van der Waals surface area contributed by atoms with E-state index in [0.717, 1.165) is 16.9 Å². The van der Waals surface area contributed by atoms with Crippen molar-refractivity contribution in [1.29, 1.82) is 0 Å². The van der Waals surface area contributed by atoms with Crippen molar-refractivity contribution in [2.45, 2.75) is 13.0 Å². The summed E-state index contributed by atoms with van der Waals surface area (Å²) in [4.78, 5) is 27.3. The predicted octanol–water partition coefficient (Wildman–Crippen LogP) is 3.49. The minimum atomic E-state index is -0.908. The molecule has 31 heavy (non-hydrogen) atoms. The third-order valence-corrected chi connectivity index (χ3v) is 5.74. The van der Waals surface area contributed by atoms with E-state index in [9.17, 15) is 14.7 Å². The smallest absolute Gasteiger partial charge is 0.301 e. The minimum absolute atomic E-state index is 0.0312. The molecule has 0 bridgehead atoms. The zero-order valence-corrected chi connectivity index (χ0v) is 17.8. The lowest BCUT2D eigenvalue weighted by atomic mass is 9.95. The molecule has 0 unspecified atom stereocenters. The lowest BCUT2D eigenvalue weighted by molar-refractivity contribution is -0.132. The van der Waals surface area contributed by atoms with E-state index in [1.54, 1.807) is 30.3 Å². The Morgan fingerprint density at radius 2 is 1.77 bits per heavy atom. The fourth-order valence-corrected chi connectivity index (χ4v) is 4.09. The van der Waals surface area contributed by atoms with Crippen LogP contribution in [-0.2, 0) is 9.59 Å². The van der Waals surface area contributed by atoms with Crippen molar-refractivity contribution >= 4 is 33.9 Å². The number of rotatable bonds is 5. The van der Waals surface area contributed by atoms with Crippen molar-refractivity contribution < 1.29 is 24.2 Å². The number of carbonyl (C=O) groups excluding carboxylic acids is 2. The van der Waals surface area contributed by atoms with Crippen LogP contribution in [0.4, 0.5) is 5.13 Å². The van der Waals surface area contributed by atoms with Gasteiger partial charge in [-0.15, -0.1) is 10.2 Å². The molecular formula is C22H19N3O5S. The van der Waals surface area contributed by atoms with Crippen LogP contribution in [-0.4, -0.2) is 41.2 Å². The van der Waals surface area contributed by atoms with Gasteiger partial charge in [-0.1, -0.05) is 47.2 Å². The van der Waals surface area contributed by atoms with Gasteiger partial charge in [0.1, 0.15) is 11.3 Å². The van der Waals surface area contributed by atoms with E-state index in [1.807, 2.05) is 19.1 Å². The highest BCUT2D eigenvalue weighted by atomic mass is 32.1. The van der Waals surface area contributed by atoms with Crippen molar-refractivity contribution in [2.75, 3.05) is 19.1 Å². The van der Waals surface area contributed by atoms with Crippen LogP contribution in [0, 0.1) is 6.92 Å². The van der Waals surface area contributed by atoms with Crippen LogP contribution in [0.15, 0.2) is 53.5 Å². The summed E-state index contributed by atoms with van der Waals surface area (Å²) in [6.07, 6.45) is 0. The number of carbonyl (C=O) groups is 2. The molecule has 9 heteroatoms. The van der Waals surface area contributed by atoms with E-state index in [0.29, 0.717) is 22.6 Å². The fraction of sp³-hybridized carbons (Fsp3) is 0.182. The van der Waals surface area contributed by atoms with Crippen molar-refractivity contribution in [3.63, 3.8) is 0 Å². The second-order valence-electron chi connectivity index (χ2n) is 6.87. The molecule has 3 aromatic rings. The first-order chi connectivity index (χ1) is 15.0. The highest BCUT2D eigenvalue weighted by Crippen LogP contribution is 2.44. The van der Waals surface area contributed by atoms with Gasteiger partial charge in [0.15, 0.2) is 11.5 Å². The Bertz CT molecular complexity index is 1170. The van der Waals surface area contributed by atoms with Gasteiger partial charge in [-0.05, 0) is 24.6 Å². The topological polar surface area (TPSA) is 102 Å². The van der Waals surface area contributed by atoms with Crippen LogP contribution in [0.1, 0.15) is 22.7 Å². The highest BCUT2D eigenvalue weighted by molar-refractivity contribution is 7.13. The number of amides is 1.